The first kappa shape index (κ1) is 15.7. The van der Waals surface area contributed by atoms with Crippen molar-refractivity contribution in [3.63, 3.8) is 0 Å². The van der Waals surface area contributed by atoms with E-state index >= 15 is 0 Å². The van der Waals surface area contributed by atoms with Gasteiger partial charge in [-0.15, -0.1) is 0 Å². The maximum absolute atomic E-state index is 10.8. The summed E-state index contributed by atoms with van der Waals surface area (Å²) in [6.45, 7) is 0.682. The highest BCUT2D eigenvalue weighted by molar-refractivity contribution is 7.88. The fourth-order valence-electron chi connectivity index (χ4n) is 1.29. The van der Waals surface area contributed by atoms with Gasteiger partial charge in [-0.3, -0.25) is 0 Å². The molecule has 0 saturated carbocycles. The molecule has 1 aromatic rings. The van der Waals surface area contributed by atoms with Crippen LogP contribution in [0.25, 0.3) is 0 Å². The highest BCUT2D eigenvalue weighted by Gasteiger charge is 2.01. The lowest BCUT2D eigenvalue weighted by Gasteiger charge is -2.11. The van der Waals surface area contributed by atoms with E-state index in [9.17, 15) is 8.42 Å². The van der Waals surface area contributed by atoms with Crippen LogP contribution in [0.5, 0.6) is 5.75 Å². The van der Waals surface area contributed by atoms with Crippen LogP contribution in [0.1, 0.15) is 0 Å². The third-order valence-electron chi connectivity index (χ3n) is 2.10. The molecule has 0 aromatic heterocycles. The van der Waals surface area contributed by atoms with Crippen LogP contribution in [0.4, 0.5) is 5.69 Å². The lowest BCUT2D eigenvalue weighted by atomic mass is 10.3. The van der Waals surface area contributed by atoms with Crippen molar-refractivity contribution in [2.45, 2.75) is 0 Å². The van der Waals surface area contributed by atoms with Crippen molar-refractivity contribution in [2.24, 2.45) is 0 Å². The minimum atomic E-state index is -3.16. The van der Waals surface area contributed by atoms with Crippen molar-refractivity contribution >= 4 is 33.0 Å². The Morgan fingerprint density at radius 1 is 1.37 bits per heavy atom. The number of nitrogens with one attached hydrogen (secondary N) is 3. The average Bonchev–Trinajstić information content (AvgIpc) is 2.34. The van der Waals surface area contributed by atoms with E-state index in [1.54, 1.807) is 7.11 Å². The molecule has 0 bridgehead atoms. The molecule has 0 saturated heterocycles. The van der Waals surface area contributed by atoms with Crippen molar-refractivity contribution in [2.75, 3.05) is 31.8 Å². The summed E-state index contributed by atoms with van der Waals surface area (Å²) in [7, 11) is -1.57. The highest BCUT2D eigenvalue weighted by atomic mass is 32.2. The third-order valence-corrected chi connectivity index (χ3v) is 3.08. The van der Waals surface area contributed by atoms with Crippen molar-refractivity contribution in [1.29, 1.82) is 0 Å². The fraction of sp³-hybridized carbons (Fsp3) is 0.364. The Morgan fingerprint density at radius 2 is 2.11 bits per heavy atom. The van der Waals surface area contributed by atoms with Crippen LogP contribution < -0.4 is 20.1 Å². The average molecular weight is 303 g/mol. The number of methoxy groups -OCH3 is 1. The van der Waals surface area contributed by atoms with E-state index in [-0.39, 0.29) is 6.54 Å². The summed E-state index contributed by atoms with van der Waals surface area (Å²) >= 11 is 5.08. The predicted octanol–water partition coefficient (Wildman–Crippen LogP) is 0.531. The zero-order valence-corrected chi connectivity index (χ0v) is 12.4. The largest absolute Gasteiger partial charge is 0.497 e. The van der Waals surface area contributed by atoms with E-state index in [0.717, 1.165) is 17.7 Å². The third kappa shape index (κ3) is 6.94. The van der Waals surface area contributed by atoms with Crippen molar-refractivity contribution in [3.8, 4) is 5.75 Å². The van der Waals surface area contributed by atoms with E-state index in [1.165, 1.54) is 0 Å². The van der Waals surface area contributed by atoms with Crippen molar-refractivity contribution in [1.82, 2.24) is 10.0 Å². The molecular formula is C11H17N3O3S2. The van der Waals surface area contributed by atoms with Crippen LogP contribution in [0.2, 0.25) is 0 Å². The molecule has 106 valence electrons. The zero-order valence-electron chi connectivity index (χ0n) is 10.8. The molecule has 8 heteroatoms. The highest BCUT2D eigenvalue weighted by Crippen LogP contribution is 2.16. The SMILES string of the molecule is COc1cccc(NC(=S)NCCNS(C)(=O)=O)c1. The van der Waals surface area contributed by atoms with Gasteiger partial charge in [0.1, 0.15) is 5.75 Å². The summed E-state index contributed by atoms with van der Waals surface area (Å²) in [6, 6.07) is 7.33. The van der Waals surface area contributed by atoms with Crippen LogP contribution in [0, 0.1) is 0 Å². The Bertz CT molecular complexity index is 532. The van der Waals surface area contributed by atoms with Gasteiger partial charge in [0.15, 0.2) is 5.11 Å². The maximum atomic E-state index is 10.8. The second-order valence-electron chi connectivity index (χ2n) is 3.78. The second kappa shape index (κ2) is 7.27. The van der Waals surface area contributed by atoms with Gasteiger partial charge in [-0.05, 0) is 24.4 Å². The van der Waals surface area contributed by atoms with E-state index in [4.69, 9.17) is 17.0 Å². The van der Waals surface area contributed by atoms with Gasteiger partial charge in [0.25, 0.3) is 0 Å². The van der Waals surface area contributed by atoms with Gasteiger partial charge >= 0.3 is 0 Å². The molecular weight excluding hydrogens is 286 g/mol. The lowest BCUT2D eigenvalue weighted by molar-refractivity contribution is 0.415. The molecule has 1 rings (SSSR count). The molecule has 0 aliphatic carbocycles. The molecule has 1 aromatic carbocycles. The second-order valence-corrected chi connectivity index (χ2v) is 6.02. The fourth-order valence-corrected chi connectivity index (χ4v) is 1.98. The first-order valence-corrected chi connectivity index (χ1v) is 7.84. The number of benzene rings is 1. The molecule has 3 N–H and O–H groups in total. The van der Waals surface area contributed by atoms with Crippen LogP contribution in [-0.2, 0) is 10.0 Å². The Balaban J connectivity index is 2.34. The first-order chi connectivity index (χ1) is 8.90. The van der Waals surface area contributed by atoms with Gasteiger partial charge < -0.3 is 15.4 Å². The minimum absolute atomic E-state index is 0.277. The van der Waals surface area contributed by atoms with Gasteiger partial charge in [0.05, 0.1) is 13.4 Å². The first-order valence-electron chi connectivity index (χ1n) is 5.54. The molecule has 0 aliphatic heterocycles. The maximum Gasteiger partial charge on any atom is 0.208 e. The summed E-state index contributed by atoms with van der Waals surface area (Å²) in [4.78, 5) is 0. The Labute approximate surface area is 118 Å². The zero-order chi connectivity index (χ0) is 14.3. The molecule has 0 spiro atoms. The van der Waals surface area contributed by atoms with Crippen LogP contribution in [0.15, 0.2) is 24.3 Å². The van der Waals surface area contributed by atoms with Crippen LogP contribution in [-0.4, -0.2) is 40.0 Å². The Morgan fingerprint density at radius 3 is 2.74 bits per heavy atom. The number of hydrogen-bond donors (Lipinski definition) is 3. The standard InChI is InChI=1S/C11H17N3O3S2/c1-17-10-5-3-4-9(8-10)14-11(18)12-6-7-13-19(2,15)16/h3-5,8,13H,6-7H2,1-2H3,(H2,12,14,18). The number of ether oxygens (including phenoxy) is 1. The van der Waals surface area contributed by atoms with Crippen molar-refractivity contribution < 1.29 is 13.2 Å². The molecule has 6 nitrogen and oxygen atoms in total. The van der Waals surface area contributed by atoms with Gasteiger partial charge in [-0.2, -0.15) is 0 Å². The van der Waals surface area contributed by atoms with E-state index < -0.39 is 10.0 Å². The molecule has 0 heterocycles. The summed E-state index contributed by atoms with van der Waals surface area (Å²) in [5.74, 6) is 0.728. The molecule has 0 radical (unpaired) electrons. The number of anilines is 1. The minimum Gasteiger partial charge on any atom is -0.497 e. The number of hydrogen-bond acceptors (Lipinski definition) is 4. The molecule has 0 amide bonds. The van der Waals surface area contributed by atoms with E-state index in [2.05, 4.69) is 15.4 Å². The summed E-state index contributed by atoms with van der Waals surface area (Å²) in [5.41, 5.74) is 0.799. The topological polar surface area (TPSA) is 79.5 Å². The lowest BCUT2D eigenvalue weighted by Crippen LogP contribution is -2.36. The van der Waals surface area contributed by atoms with E-state index in [0.29, 0.717) is 11.7 Å². The molecule has 0 atom stereocenters. The molecule has 19 heavy (non-hydrogen) atoms. The molecule has 0 aliphatic rings. The van der Waals surface area contributed by atoms with Gasteiger partial charge in [0, 0.05) is 24.8 Å². The summed E-state index contributed by atoms with van der Waals surface area (Å²) < 4.78 is 29.1. The number of sulfonamides is 1. The van der Waals surface area contributed by atoms with Gasteiger partial charge in [0.2, 0.25) is 10.0 Å². The summed E-state index contributed by atoms with van der Waals surface area (Å²) in [5, 5.41) is 6.29. The normalized spacial score (nSPS) is 10.8. The van der Waals surface area contributed by atoms with Gasteiger partial charge in [-0.25, -0.2) is 13.1 Å². The number of rotatable bonds is 6. The Kier molecular flexibility index (Phi) is 6.00. The monoisotopic (exact) mass is 303 g/mol. The summed E-state index contributed by atoms with van der Waals surface area (Å²) in [6.07, 6.45) is 1.11. The van der Waals surface area contributed by atoms with E-state index in [1.807, 2.05) is 24.3 Å². The quantitative estimate of drug-likeness (QED) is 0.525. The van der Waals surface area contributed by atoms with Gasteiger partial charge in [-0.1, -0.05) is 6.07 Å². The smallest absolute Gasteiger partial charge is 0.208 e. The van der Waals surface area contributed by atoms with Crippen molar-refractivity contribution in [3.05, 3.63) is 24.3 Å². The Hall–Kier alpha value is -1.38. The predicted molar refractivity (Wildman–Crippen MR) is 80.1 cm³/mol. The van der Waals surface area contributed by atoms with Crippen LogP contribution in [0.3, 0.4) is 0 Å². The number of thiocarbonyl (C=S) groups is 1. The van der Waals surface area contributed by atoms with Crippen LogP contribution >= 0.6 is 12.2 Å². The molecule has 0 unspecified atom stereocenters. The molecule has 0 fully saturated rings.